The highest BCUT2D eigenvalue weighted by molar-refractivity contribution is 8.03. The molecule has 2 aliphatic rings. The number of thioether (sulfide) groups is 1. The number of ketones is 1. The summed E-state index contributed by atoms with van der Waals surface area (Å²) < 4.78 is 0. The Balaban J connectivity index is 1.77. The van der Waals surface area contributed by atoms with Gasteiger partial charge in [-0.3, -0.25) is 9.69 Å². The van der Waals surface area contributed by atoms with E-state index in [9.17, 15) is 4.79 Å². The molecule has 1 heterocycles. The Morgan fingerprint density at radius 1 is 1.00 bits per heavy atom. The average molecular weight is 488 g/mol. The summed E-state index contributed by atoms with van der Waals surface area (Å²) in [5.41, 5.74) is 10.1. The number of nitrogens with zero attached hydrogens (tertiary/aromatic N) is 2. The lowest BCUT2D eigenvalue weighted by Crippen LogP contribution is -2.43. The number of anilines is 1. The Morgan fingerprint density at radius 2 is 1.68 bits per heavy atom. The molecule has 1 atom stereocenters. The lowest BCUT2D eigenvalue weighted by Gasteiger charge is -2.37. The summed E-state index contributed by atoms with van der Waals surface area (Å²) in [6, 6.07) is 25.1. The van der Waals surface area contributed by atoms with Crippen molar-refractivity contribution in [3.05, 3.63) is 99.9 Å². The lowest BCUT2D eigenvalue weighted by atomic mass is 9.75. The van der Waals surface area contributed by atoms with Gasteiger partial charge >= 0.3 is 0 Å². The molecule has 4 nitrogen and oxygen atoms in total. The van der Waals surface area contributed by atoms with Crippen LogP contribution >= 0.6 is 23.4 Å². The number of rotatable bonds is 2. The summed E-state index contributed by atoms with van der Waals surface area (Å²) in [6.07, 6.45) is 1.33. The molecule has 2 N–H and O–H groups in total. The van der Waals surface area contributed by atoms with Gasteiger partial charge in [0.15, 0.2) is 5.78 Å². The highest BCUT2D eigenvalue weighted by atomic mass is 35.5. The molecular weight excluding hydrogens is 462 g/mol. The van der Waals surface area contributed by atoms with Gasteiger partial charge < -0.3 is 5.73 Å². The number of guanidine groups is 1. The molecule has 172 valence electrons. The summed E-state index contributed by atoms with van der Waals surface area (Å²) in [7, 11) is 0. The van der Waals surface area contributed by atoms with Gasteiger partial charge in [0.2, 0.25) is 5.96 Å². The van der Waals surface area contributed by atoms with Crippen molar-refractivity contribution in [3.8, 4) is 0 Å². The molecule has 0 fully saturated rings. The number of carbonyl (C=O) groups is 1. The van der Waals surface area contributed by atoms with Crippen molar-refractivity contribution in [1.29, 1.82) is 0 Å². The van der Waals surface area contributed by atoms with Crippen LogP contribution in [-0.4, -0.2) is 11.7 Å². The van der Waals surface area contributed by atoms with Crippen molar-refractivity contribution in [2.75, 3.05) is 4.90 Å². The molecule has 0 amide bonds. The number of hydrogen-bond donors (Lipinski definition) is 1. The molecule has 6 heteroatoms. The van der Waals surface area contributed by atoms with Crippen LogP contribution in [0.15, 0.2) is 99.2 Å². The van der Waals surface area contributed by atoms with E-state index < -0.39 is 6.04 Å². The summed E-state index contributed by atoms with van der Waals surface area (Å²) in [4.78, 5) is 22.6. The average Bonchev–Trinajstić information content (AvgIpc) is 2.94. The normalized spacial score (nSPS) is 20.0. The van der Waals surface area contributed by atoms with E-state index in [0.717, 1.165) is 38.7 Å². The van der Waals surface area contributed by atoms with Gasteiger partial charge in [-0.1, -0.05) is 79.7 Å². The van der Waals surface area contributed by atoms with Gasteiger partial charge in [0.25, 0.3) is 0 Å². The molecule has 0 saturated heterocycles. The number of fused-ring (bicyclic) bond motifs is 1. The third-order valence-electron chi connectivity index (χ3n) is 6.20. The molecule has 0 aromatic heterocycles. The number of para-hydroxylation sites is 2. The number of Topliss-reactive ketones (excluding diaryl/α,β-unsaturated/α-hetero) is 1. The zero-order valence-corrected chi connectivity index (χ0v) is 20.7. The molecule has 34 heavy (non-hydrogen) atoms. The Hall–Kier alpha value is -3.02. The van der Waals surface area contributed by atoms with E-state index in [1.165, 1.54) is 0 Å². The van der Waals surface area contributed by atoms with Gasteiger partial charge in [0, 0.05) is 21.9 Å². The predicted octanol–water partition coefficient (Wildman–Crippen LogP) is 7.28. The van der Waals surface area contributed by atoms with Gasteiger partial charge in [-0.05, 0) is 58.7 Å². The minimum Gasteiger partial charge on any atom is -0.369 e. The first-order chi connectivity index (χ1) is 16.3. The zero-order valence-electron chi connectivity index (χ0n) is 19.2. The molecule has 0 bridgehead atoms. The molecule has 1 aliphatic carbocycles. The molecule has 0 radical (unpaired) electrons. The van der Waals surface area contributed by atoms with E-state index in [1.807, 2.05) is 77.7 Å². The van der Waals surface area contributed by atoms with Crippen LogP contribution in [0.2, 0.25) is 5.02 Å². The third kappa shape index (κ3) is 4.38. The molecule has 0 unspecified atom stereocenters. The minimum absolute atomic E-state index is 0.0960. The molecule has 1 aliphatic heterocycles. The first-order valence-electron chi connectivity index (χ1n) is 11.3. The zero-order chi connectivity index (χ0) is 23.9. The van der Waals surface area contributed by atoms with E-state index >= 15 is 0 Å². The standard InChI is InChI=1S/C28H26ClN3OS/c1-28(2)16-22(33)25-24(17-28)34-23-11-7-6-10-21(23)32(26(25)18-12-14-19(29)15-13-18)27(30)31-20-8-4-3-5-9-20/h3-15,26H,16-17H2,1-2H3,(H2,30,31)/t26-/m1/s1. The first-order valence-corrected chi connectivity index (χ1v) is 12.5. The van der Waals surface area contributed by atoms with E-state index in [1.54, 1.807) is 11.8 Å². The highest BCUT2D eigenvalue weighted by Gasteiger charge is 2.42. The van der Waals surface area contributed by atoms with Crippen LogP contribution in [0.3, 0.4) is 0 Å². The van der Waals surface area contributed by atoms with Crippen molar-refractivity contribution in [2.24, 2.45) is 16.1 Å². The summed E-state index contributed by atoms with van der Waals surface area (Å²) in [5.74, 6) is 0.495. The van der Waals surface area contributed by atoms with Gasteiger partial charge in [-0.15, -0.1) is 0 Å². The van der Waals surface area contributed by atoms with Crippen molar-refractivity contribution < 1.29 is 4.79 Å². The van der Waals surface area contributed by atoms with Crippen molar-refractivity contribution in [3.63, 3.8) is 0 Å². The van der Waals surface area contributed by atoms with Crippen molar-refractivity contribution in [1.82, 2.24) is 0 Å². The summed E-state index contributed by atoms with van der Waals surface area (Å²) in [5, 5.41) is 0.648. The molecular formula is C28H26ClN3OS. The quantitative estimate of drug-likeness (QED) is 0.304. The summed E-state index contributed by atoms with van der Waals surface area (Å²) in [6.45, 7) is 4.32. The largest absolute Gasteiger partial charge is 0.369 e. The molecule has 3 aromatic carbocycles. The Morgan fingerprint density at radius 3 is 2.41 bits per heavy atom. The Bertz CT molecular complexity index is 1300. The van der Waals surface area contributed by atoms with E-state index in [2.05, 4.69) is 19.9 Å². The summed E-state index contributed by atoms with van der Waals surface area (Å²) >= 11 is 7.91. The number of aliphatic imine (C=N–C) groups is 1. The molecule has 0 spiro atoms. The van der Waals surface area contributed by atoms with Crippen LogP contribution in [-0.2, 0) is 4.79 Å². The number of halogens is 1. The van der Waals surface area contributed by atoms with E-state index in [4.69, 9.17) is 22.3 Å². The maximum atomic E-state index is 13.7. The second-order valence-corrected chi connectivity index (χ2v) is 11.1. The SMILES string of the molecule is CC1(C)CC(=O)C2=C(C1)Sc1ccccc1N(C(N)=Nc1ccccc1)[C@@H]2c1ccc(Cl)cc1. The minimum atomic E-state index is -0.403. The van der Waals surface area contributed by atoms with Gasteiger partial charge in [0.1, 0.15) is 0 Å². The fraction of sp³-hybridized carbons (Fsp3) is 0.214. The van der Waals surface area contributed by atoms with Gasteiger partial charge in [-0.25, -0.2) is 4.99 Å². The second-order valence-electron chi connectivity index (χ2n) is 9.48. The molecule has 0 saturated carbocycles. The maximum Gasteiger partial charge on any atom is 0.201 e. The number of nitrogens with two attached hydrogens (primary N) is 1. The highest BCUT2D eigenvalue weighted by Crippen LogP contribution is 2.53. The van der Waals surface area contributed by atoms with Crippen molar-refractivity contribution >= 4 is 46.5 Å². The fourth-order valence-corrected chi connectivity index (χ4v) is 6.33. The van der Waals surface area contributed by atoms with Crippen LogP contribution in [0.25, 0.3) is 0 Å². The fourth-order valence-electron chi connectivity index (χ4n) is 4.72. The van der Waals surface area contributed by atoms with Crippen LogP contribution in [0.5, 0.6) is 0 Å². The number of carbonyl (C=O) groups excluding carboxylic acids is 1. The second kappa shape index (κ2) is 8.97. The number of allylic oxidation sites excluding steroid dienone is 1. The maximum absolute atomic E-state index is 13.7. The smallest absolute Gasteiger partial charge is 0.201 e. The van der Waals surface area contributed by atoms with Crippen LogP contribution in [0.4, 0.5) is 11.4 Å². The van der Waals surface area contributed by atoms with Crippen LogP contribution in [0.1, 0.15) is 38.3 Å². The topological polar surface area (TPSA) is 58.7 Å². The van der Waals surface area contributed by atoms with Gasteiger partial charge in [0.05, 0.1) is 17.4 Å². The Labute approximate surface area is 209 Å². The van der Waals surface area contributed by atoms with E-state index in [0.29, 0.717) is 17.4 Å². The molecule has 5 rings (SSSR count). The van der Waals surface area contributed by atoms with E-state index in [-0.39, 0.29) is 11.2 Å². The third-order valence-corrected chi connectivity index (χ3v) is 7.63. The molecule has 3 aromatic rings. The number of hydrogen-bond acceptors (Lipinski definition) is 3. The first kappa shape index (κ1) is 22.8. The van der Waals surface area contributed by atoms with Gasteiger partial charge in [-0.2, -0.15) is 0 Å². The predicted molar refractivity (Wildman–Crippen MR) is 142 cm³/mol. The Kier molecular flexibility index (Phi) is 6.00. The lowest BCUT2D eigenvalue weighted by molar-refractivity contribution is -0.118. The number of benzene rings is 3. The van der Waals surface area contributed by atoms with Crippen LogP contribution < -0.4 is 10.6 Å². The van der Waals surface area contributed by atoms with Crippen LogP contribution in [0, 0.1) is 5.41 Å². The monoisotopic (exact) mass is 487 g/mol. The van der Waals surface area contributed by atoms with Crippen molar-refractivity contribution in [2.45, 2.75) is 37.6 Å².